The second kappa shape index (κ2) is 9.00. The minimum absolute atomic E-state index is 0.0885. The molecular weight excluding hydrogens is 450 g/mol. The first-order valence-electron chi connectivity index (χ1n) is 10.4. The molecule has 9 heteroatoms. The number of hydrogen-bond donors (Lipinski definition) is 0. The van der Waals surface area contributed by atoms with Gasteiger partial charge in [0, 0.05) is 6.61 Å². The highest BCUT2D eigenvalue weighted by Gasteiger charge is 2.40. The molecule has 2 aromatic carbocycles. The van der Waals surface area contributed by atoms with Crippen LogP contribution in [0.25, 0.3) is 0 Å². The van der Waals surface area contributed by atoms with Crippen LogP contribution in [0.15, 0.2) is 24.3 Å². The topological polar surface area (TPSA) is 35.5 Å². The van der Waals surface area contributed by atoms with E-state index in [1.165, 1.54) is 0 Å². The van der Waals surface area contributed by atoms with Gasteiger partial charge in [-0.25, -0.2) is 4.79 Å². The maximum absolute atomic E-state index is 13.3. The monoisotopic (exact) mass is 474 g/mol. The van der Waals surface area contributed by atoms with Crippen LogP contribution in [0.3, 0.4) is 0 Å². The Labute approximate surface area is 187 Å². The lowest BCUT2D eigenvalue weighted by Gasteiger charge is -2.28. The summed E-state index contributed by atoms with van der Waals surface area (Å²) in [6.07, 6.45) is -8.42. The maximum atomic E-state index is 13.3. The Bertz CT molecular complexity index is 989. The molecule has 180 valence electrons. The van der Waals surface area contributed by atoms with Gasteiger partial charge in [0.1, 0.15) is 5.75 Å². The number of aryl methyl sites for hydroxylation is 2. The van der Waals surface area contributed by atoms with Crippen LogP contribution in [0.2, 0.25) is 0 Å². The molecule has 0 spiro atoms. The van der Waals surface area contributed by atoms with E-state index in [0.29, 0.717) is 35.8 Å². The van der Waals surface area contributed by atoms with E-state index in [2.05, 4.69) is 6.92 Å². The summed E-state index contributed by atoms with van der Waals surface area (Å²) in [5.41, 5.74) is -2.05. The molecule has 3 nitrogen and oxygen atoms in total. The standard InChI is InChI=1S/C24H24F6O3/c1-12-5-6-20(32-11-12)16-7-13(2)21(14(3)8-16)22(31)33-17-9-18(23(25,26)27)15(4)19(10-17)24(28,29)30/h7-10,12,20H,5-6,11H2,1-4H3. The summed E-state index contributed by atoms with van der Waals surface area (Å²) >= 11 is 0. The van der Waals surface area contributed by atoms with Gasteiger partial charge in [-0.05, 0) is 73.9 Å². The molecule has 1 heterocycles. The number of rotatable bonds is 3. The van der Waals surface area contributed by atoms with Crippen molar-refractivity contribution in [2.45, 2.75) is 59.0 Å². The largest absolute Gasteiger partial charge is 0.423 e. The molecule has 1 saturated heterocycles. The molecule has 2 unspecified atom stereocenters. The van der Waals surface area contributed by atoms with E-state index in [4.69, 9.17) is 9.47 Å². The van der Waals surface area contributed by atoms with Gasteiger partial charge in [0.15, 0.2) is 0 Å². The van der Waals surface area contributed by atoms with Crippen molar-refractivity contribution in [1.82, 2.24) is 0 Å². The summed E-state index contributed by atoms with van der Waals surface area (Å²) in [5.74, 6) is -1.40. The third kappa shape index (κ3) is 5.51. The molecule has 0 N–H and O–H groups in total. The predicted molar refractivity (Wildman–Crippen MR) is 109 cm³/mol. The first kappa shape index (κ1) is 25.1. The molecular formula is C24H24F6O3. The number of esters is 1. The van der Waals surface area contributed by atoms with Gasteiger partial charge < -0.3 is 9.47 Å². The van der Waals surface area contributed by atoms with E-state index in [-0.39, 0.29) is 11.7 Å². The molecule has 0 aromatic heterocycles. The third-order valence-electron chi connectivity index (χ3n) is 5.84. The fraction of sp³-hybridized carbons (Fsp3) is 0.458. The minimum Gasteiger partial charge on any atom is -0.423 e. The lowest BCUT2D eigenvalue weighted by atomic mass is 9.92. The highest BCUT2D eigenvalue weighted by molar-refractivity contribution is 5.94. The highest BCUT2D eigenvalue weighted by Crippen LogP contribution is 2.42. The molecule has 0 bridgehead atoms. The molecule has 0 radical (unpaired) electrons. The summed E-state index contributed by atoms with van der Waals surface area (Å²) < 4.78 is 90.7. The SMILES string of the molecule is Cc1cc(C2CCC(C)CO2)cc(C)c1C(=O)Oc1cc(C(F)(F)F)c(C)c(C(F)(F)F)c1. The Kier molecular flexibility index (Phi) is 6.84. The average molecular weight is 474 g/mol. The van der Waals surface area contributed by atoms with Crippen LogP contribution >= 0.6 is 0 Å². The van der Waals surface area contributed by atoms with Gasteiger partial charge in [-0.3, -0.25) is 0 Å². The van der Waals surface area contributed by atoms with Gasteiger partial charge in [0.05, 0.1) is 22.8 Å². The zero-order chi connectivity index (χ0) is 24.7. The molecule has 0 amide bonds. The van der Waals surface area contributed by atoms with Gasteiger partial charge in [-0.1, -0.05) is 19.1 Å². The number of carbonyl (C=O) groups is 1. The Balaban J connectivity index is 1.94. The van der Waals surface area contributed by atoms with Crippen molar-refractivity contribution in [2.75, 3.05) is 6.61 Å². The van der Waals surface area contributed by atoms with Crippen LogP contribution < -0.4 is 4.74 Å². The number of halogens is 6. The number of hydrogen-bond acceptors (Lipinski definition) is 3. The third-order valence-corrected chi connectivity index (χ3v) is 5.84. The molecule has 1 fully saturated rings. The van der Waals surface area contributed by atoms with E-state index < -0.39 is 40.8 Å². The molecule has 0 saturated carbocycles. The lowest BCUT2D eigenvalue weighted by Crippen LogP contribution is -2.20. The normalized spacial score (nSPS) is 19.5. The van der Waals surface area contributed by atoms with Crippen LogP contribution in [0.4, 0.5) is 26.3 Å². The first-order chi connectivity index (χ1) is 15.2. The van der Waals surface area contributed by atoms with E-state index in [9.17, 15) is 31.1 Å². The maximum Gasteiger partial charge on any atom is 0.416 e. The second-order valence-corrected chi connectivity index (χ2v) is 8.56. The molecule has 0 aliphatic carbocycles. The van der Waals surface area contributed by atoms with Crippen molar-refractivity contribution in [3.63, 3.8) is 0 Å². The van der Waals surface area contributed by atoms with E-state index in [1.807, 2.05) is 0 Å². The summed E-state index contributed by atoms with van der Waals surface area (Å²) in [5, 5.41) is 0. The molecule has 2 atom stereocenters. The Morgan fingerprint density at radius 1 is 0.909 bits per heavy atom. The van der Waals surface area contributed by atoms with E-state index in [1.54, 1.807) is 26.0 Å². The predicted octanol–water partition coefficient (Wildman–Crippen LogP) is 7.36. The average Bonchev–Trinajstić information content (AvgIpc) is 2.67. The second-order valence-electron chi connectivity index (χ2n) is 8.56. The first-order valence-corrected chi connectivity index (χ1v) is 10.4. The fourth-order valence-electron chi connectivity index (χ4n) is 4.14. The number of carbonyl (C=O) groups excluding carboxylic acids is 1. The highest BCUT2D eigenvalue weighted by atomic mass is 19.4. The van der Waals surface area contributed by atoms with Crippen molar-refractivity contribution in [3.05, 3.63) is 63.2 Å². The summed E-state index contributed by atoms with van der Waals surface area (Å²) in [6, 6.07) is 4.31. The lowest BCUT2D eigenvalue weighted by molar-refractivity contribution is -0.144. The zero-order valence-corrected chi connectivity index (χ0v) is 18.6. The summed E-state index contributed by atoms with van der Waals surface area (Å²) in [6.45, 7) is 6.71. The molecule has 1 aliphatic heterocycles. The van der Waals surface area contributed by atoms with Crippen molar-refractivity contribution in [2.24, 2.45) is 5.92 Å². The van der Waals surface area contributed by atoms with Crippen LogP contribution in [-0.4, -0.2) is 12.6 Å². The van der Waals surface area contributed by atoms with Gasteiger partial charge in [-0.15, -0.1) is 0 Å². The van der Waals surface area contributed by atoms with Gasteiger partial charge >= 0.3 is 18.3 Å². The smallest absolute Gasteiger partial charge is 0.416 e. The van der Waals surface area contributed by atoms with Crippen LogP contribution in [0.1, 0.15) is 69.6 Å². The van der Waals surface area contributed by atoms with Crippen molar-refractivity contribution in [1.29, 1.82) is 0 Å². The number of alkyl halides is 6. The van der Waals surface area contributed by atoms with Gasteiger partial charge in [0.2, 0.25) is 0 Å². The van der Waals surface area contributed by atoms with Crippen molar-refractivity contribution >= 4 is 5.97 Å². The Morgan fingerprint density at radius 3 is 1.85 bits per heavy atom. The molecule has 33 heavy (non-hydrogen) atoms. The molecule has 3 rings (SSSR count). The fourth-order valence-corrected chi connectivity index (χ4v) is 4.14. The van der Waals surface area contributed by atoms with Crippen LogP contribution in [0, 0.1) is 26.7 Å². The summed E-state index contributed by atoms with van der Waals surface area (Å²) in [7, 11) is 0. The van der Waals surface area contributed by atoms with Crippen LogP contribution in [-0.2, 0) is 17.1 Å². The molecule has 1 aliphatic rings. The van der Waals surface area contributed by atoms with Gasteiger partial charge in [0.25, 0.3) is 0 Å². The van der Waals surface area contributed by atoms with Crippen LogP contribution in [0.5, 0.6) is 5.75 Å². The Morgan fingerprint density at radius 2 is 1.42 bits per heavy atom. The van der Waals surface area contributed by atoms with Crippen molar-refractivity contribution < 1.29 is 40.6 Å². The minimum atomic E-state index is -5.04. The van der Waals surface area contributed by atoms with Crippen molar-refractivity contribution in [3.8, 4) is 5.75 Å². The zero-order valence-electron chi connectivity index (χ0n) is 18.6. The molecule has 2 aromatic rings. The quantitative estimate of drug-likeness (QED) is 0.265. The Hall–Kier alpha value is -2.55. The van der Waals surface area contributed by atoms with Gasteiger partial charge in [-0.2, -0.15) is 26.3 Å². The number of ether oxygens (including phenoxy) is 2. The van der Waals surface area contributed by atoms with E-state index >= 15 is 0 Å². The number of benzene rings is 2. The van der Waals surface area contributed by atoms with E-state index in [0.717, 1.165) is 25.3 Å². The summed E-state index contributed by atoms with van der Waals surface area (Å²) in [4.78, 5) is 12.8.